The lowest BCUT2D eigenvalue weighted by atomic mass is 10.2. The molecule has 0 aliphatic carbocycles. The van der Waals surface area contributed by atoms with Crippen molar-refractivity contribution in [2.75, 3.05) is 6.61 Å². The maximum absolute atomic E-state index is 11.1. The third-order valence-electron chi connectivity index (χ3n) is 1.97. The predicted molar refractivity (Wildman–Crippen MR) is 44.4 cm³/mol. The number of carbonyl (C=O) groups is 2. The summed E-state index contributed by atoms with van der Waals surface area (Å²) in [5, 5.41) is 8.57. The number of aliphatic carboxylic acids is 1. The Labute approximate surface area is 76.3 Å². The average Bonchev–Trinajstić information content (AvgIpc) is 2.30. The van der Waals surface area contributed by atoms with Crippen LogP contribution in [0.1, 0.15) is 20.3 Å². The van der Waals surface area contributed by atoms with Crippen LogP contribution in [0.15, 0.2) is 0 Å². The van der Waals surface area contributed by atoms with E-state index in [2.05, 4.69) is 0 Å². The van der Waals surface area contributed by atoms with Gasteiger partial charge in [-0.15, -0.1) is 0 Å². The predicted octanol–water partition coefficient (Wildman–Crippen LogP) is 0.690. The van der Waals surface area contributed by atoms with Gasteiger partial charge in [0.1, 0.15) is 6.61 Å². The van der Waals surface area contributed by atoms with Crippen molar-refractivity contribution in [1.29, 1.82) is 0 Å². The van der Waals surface area contributed by atoms with Crippen molar-refractivity contribution in [3.05, 3.63) is 0 Å². The van der Waals surface area contributed by atoms with Crippen molar-refractivity contribution in [2.45, 2.75) is 32.4 Å². The molecule has 1 heterocycles. The summed E-state index contributed by atoms with van der Waals surface area (Å²) in [6, 6.07) is -0.329. The molecular weight excluding hydrogens is 174 g/mol. The summed E-state index contributed by atoms with van der Waals surface area (Å²) in [4.78, 5) is 23.0. The Kier molecular flexibility index (Phi) is 2.75. The summed E-state index contributed by atoms with van der Waals surface area (Å²) < 4.78 is 4.76. The van der Waals surface area contributed by atoms with Gasteiger partial charge in [-0.1, -0.05) is 0 Å². The number of rotatable bonds is 3. The second-order valence-electron chi connectivity index (χ2n) is 3.33. The lowest BCUT2D eigenvalue weighted by Gasteiger charge is -2.23. The molecule has 5 heteroatoms. The maximum Gasteiger partial charge on any atom is 0.410 e. The summed E-state index contributed by atoms with van der Waals surface area (Å²) in [6.45, 7) is 3.85. The normalized spacial score (nSPS) is 22.2. The van der Waals surface area contributed by atoms with Gasteiger partial charge in [0.2, 0.25) is 0 Å². The zero-order chi connectivity index (χ0) is 10.0. The number of hydrogen-bond donors (Lipinski definition) is 1. The Hall–Kier alpha value is -1.26. The highest BCUT2D eigenvalue weighted by atomic mass is 16.6. The van der Waals surface area contributed by atoms with Crippen molar-refractivity contribution in [3.63, 3.8) is 0 Å². The summed E-state index contributed by atoms with van der Waals surface area (Å²) in [7, 11) is 0. The Morgan fingerprint density at radius 2 is 2.38 bits per heavy atom. The summed E-state index contributed by atoms with van der Waals surface area (Å²) in [5.41, 5.74) is 0. The Morgan fingerprint density at radius 1 is 1.77 bits per heavy atom. The summed E-state index contributed by atoms with van der Waals surface area (Å²) in [6.07, 6.45) is -0.467. The lowest BCUT2D eigenvalue weighted by Crippen LogP contribution is -2.40. The van der Waals surface area contributed by atoms with E-state index >= 15 is 0 Å². The van der Waals surface area contributed by atoms with E-state index in [0.29, 0.717) is 0 Å². The molecule has 5 nitrogen and oxygen atoms in total. The van der Waals surface area contributed by atoms with Gasteiger partial charge in [0.25, 0.3) is 0 Å². The number of amides is 1. The molecule has 0 radical (unpaired) electrons. The third-order valence-corrected chi connectivity index (χ3v) is 1.97. The van der Waals surface area contributed by atoms with E-state index in [-0.39, 0.29) is 25.1 Å². The molecule has 0 spiro atoms. The van der Waals surface area contributed by atoms with E-state index in [1.807, 2.05) is 13.8 Å². The van der Waals surface area contributed by atoms with Gasteiger partial charge in [-0.3, -0.25) is 9.69 Å². The number of carboxylic acid groups (broad SMARTS) is 1. The third kappa shape index (κ3) is 2.11. The van der Waals surface area contributed by atoms with Crippen LogP contribution in [0.2, 0.25) is 0 Å². The second kappa shape index (κ2) is 3.64. The van der Waals surface area contributed by atoms with Gasteiger partial charge >= 0.3 is 12.1 Å². The van der Waals surface area contributed by atoms with Gasteiger partial charge < -0.3 is 9.84 Å². The molecule has 0 saturated carbocycles. The lowest BCUT2D eigenvalue weighted by molar-refractivity contribution is -0.138. The SMILES string of the molecule is CC(C)N1C(=O)OCC1CC(=O)O. The number of ether oxygens (including phenoxy) is 1. The van der Waals surface area contributed by atoms with Gasteiger partial charge in [0, 0.05) is 6.04 Å². The quantitative estimate of drug-likeness (QED) is 0.705. The molecule has 1 atom stereocenters. The number of nitrogens with zero attached hydrogens (tertiary/aromatic N) is 1. The van der Waals surface area contributed by atoms with E-state index < -0.39 is 12.1 Å². The van der Waals surface area contributed by atoms with Crippen molar-refractivity contribution >= 4 is 12.1 Å². The molecule has 0 aromatic carbocycles. The van der Waals surface area contributed by atoms with E-state index in [9.17, 15) is 9.59 Å². The largest absolute Gasteiger partial charge is 0.481 e. The van der Waals surface area contributed by atoms with E-state index in [1.54, 1.807) is 0 Å². The van der Waals surface area contributed by atoms with Crippen molar-refractivity contribution in [1.82, 2.24) is 4.90 Å². The van der Waals surface area contributed by atoms with Crippen molar-refractivity contribution < 1.29 is 19.4 Å². The smallest absolute Gasteiger partial charge is 0.410 e. The fourth-order valence-electron chi connectivity index (χ4n) is 1.46. The van der Waals surface area contributed by atoms with Crippen molar-refractivity contribution in [2.24, 2.45) is 0 Å². The van der Waals surface area contributed by atoms with Crippen LogP contribution in [-0.4, -0.2) is 40.8 Å². The molecule has 13 heavy (non-hydrogen) atoms. The first-order valence-electron chi connectivity index (χ1n) is 4.19. The Balaban J connectivity index is 2.64. The van der Waals surface area contributed by atoms with Crippen LogP contribution in [0.3, 0.4) is 0 Å². The van der Waals surface area contributed by atoms with Crippen LogP contribution in [-0.2, 0) is 9.53 Å². The molecular formula is C8H13NO4. The minimum Gasteiger partial charge on any atom is -0.481 e. The van der Waals surface area contributed by atoms with Gasteiger partial charge in [-0.25, -0.2) is 4.79 Å². The van der Waals surface area contributed by atoms with E-state index in [0.717, 1.165) is 0 Å². The fourth-order valence-corrected chi connectivity index (χ4v) is 1.46. The molecule has 0 bridgehead atoms. The molecule has 1 fully saturated rings. The minimum atomic E-state index is -0.908. The fraction of sp³-hybridized carbons (Fsp3) is 0.750. The second-order valence-corrected chi connectivity index (χ2v) is 3.33. The highest BCUT2D eigenvalue weighted by Crippen LogP contribution is 2.18. The topological polar surface area (TPSA) is 66.8 Å². The summed E-state index contributed by atoms with van der Waals surface area (Å²) >= 11 is 0. The highest BCUT2D eigenvalue weighted by Gasteiger charge is 2.35. The number of cyclic esters (lactones) is 1. The van der Waals surface area contributed by atoms with Crippen LogP contribution < -0.4 is 0 Å². The average molecular weight is 187 g/mol. The number of carboxylic acids is 1. The highest BCUT2D eigenvalue weighted by molar-refractivity contribution is 5.73. The van der Waals surface area contributed by atoms with Crippen LogP contribution in [0.4, 0.5) is 4.79 Å². The van der Waals surface area contributed by atoms with Gasteiger partial charge in [0.15, 0.2) is 0 Å². The van der Waals surface area contributed by atoms with Gasteiger partial charge in [-0.05, 0) is 13.8 Å². The Morgan fingerprint density at radius 3 is 2.85 bits per heavy atom. The molecule has 1 amide bonds. The summed E-state index contributed by atoms with van der Waals surface area (Å²) in [5.74, 6) is -0.908. The molecule has 1 unspecified atom stereocenters. The van der Waals surface area contributed by atoms with Gasteiger partial charge in [-0.2, -0.15) is 0 Å². The van der Waals surface area contributed by atoms with Crippen LogP contribution in [0.25, 0.3) is 0 Å². The number of hydrogen-bond acceptors (Lipinski definition) is 3. The molecule has 1 saturated heterocycles. The first-order chi connectivity index (χ1) is 6.02. The standard InChI is InChI=1S/C8H13NO4/c1-5(2)9-6(3-7(10)11)4-13-8(9)12/h5-6H,3-4H2,1-2H3,(H,10,11). The molecule has 1 aliphatic heterocycles. The first-order valence-corrected chi connectivity index (χ1v) is 4.19. The molecule has 1 aliphatic rings. The molecule has 1 rings (SSSR count). The minimum absolute atomic E-state index is 0.0145. The zero-order valence-corrected chi connectivity index (χ0v) is 7.69. The van der Waals surface area contributed by atoms with E-state index in [1.165, 1.54) is 4.90 Å². The van der Waals surface area contributed by atoms with Crippen LogP contribution in [0, 0.1) is 0 Å². The first kappa shape index (κ1) is 9.83. The maximum atomic E-state index is 11.1. The number of carbonyl (C=O) groups excluding carboxylic acids is 1. The molecule has 74 valence electrons. The van der Waals surface area contributed by atoms with E-state index in [4.69, 9.17) is 9.84 Å². The van der Waals surface area contributed by atoms with Crippen molar-refractivity contribution in [3.8, 4) is 0 Å². The molecule has 1 N–H and O–H groups in total. The monoisotopic (exact) mass is 187 g/mol. The van der Waals surface area contributed by atoms with Gasteiger partial charge in [0.05, 0.1) is 12.5 Å². The molecule has 0 aromatic rings. The Bertz CT molecular complexity index is 226. The molecule has 0 aromatic heterocycles. The zero-order valence-electron chi connectivity index (χ0n) is 7.69. The van der Waals surface area contributed by atoms with Crippen LogP contribution in [0.5, 0.6) is 0 Å². The van der Waals surface area contributed by atoms with Crippen LogP contribution >= 0.6 is 0 Å².